The summed E-state index contributed by atoms with van der Waals surface area (Å²) in [6.45, 7) is 3.77. The molecule has 0 saturated heterocycles. The number of carbonyl (C=O) groups excluding carboxylic acids is 2. The smallest absolute Gasteiger partial charge is 0.267 e. The molecule has 0 radical (unpaired) electrons. The van der Waals surface area contributed by atoms with Crippen molar-refractivity contribution in [2.75, 3.05) is 0 Å². The van der Waals surface area contributed by atoms with Crippen LogP contribution < -0.4 is 5.56 Å². The van der Waals surface area contributed by atoms with E-state index in [1.165, 1.54) is 9.47 Å². The number of hydrogen-bond acceptors (Lipinski definition) is 5. The number of benzene rings is 2. The molecule has 0 spiro atoms. The maximum Gasteiger partial charge on any atom is 0.267 e. The molecule has 2 aromatic heterocycles. The summed E-state index contributed by atoms with van der Waals surface area (Å²) in [6, 6.07) is 16.7. The van der Waals surface area contributed by atoms with E-state index >= 15 is 0 Å². The van der Waals surface area contributed by atoms with Gasteiger partial charge in [-0.2, -0.15) is 0 Å². The molecule has 1 atom stereocenters. The molecule has 32 heavy (non-hydrogen) atoms. The van der Waals surface area contributed by atoms with Gasteiger partial charge < -0.3 is 0 Å². The van der Waals surface area contributed by atoms with Crippen molar-refractivity contribution in [2.45, 2.75) is 26.3 Å². The summed E-state index contributed by atoms with van der Waals surface area (Å²) in [5.74, 6) is -0.0608. The highest BCUT2D eigenvalue weighted by atomic mass is 16.2. The molecule has 0 aliphatic carbocycles. The van der Waals surface area contributed by atoms with E-state index in [1.807, 2.05) is 19.9 Å². The summed E-state index contributed by atoms with van der Waals surface area (Å²) in [5, 5.41) is 0.441. The number of aromatic nitrogens is 3. The highest BCUT2D eigenvalue weighted by Crippen LogP contribution is 2.33. The number of imide groups is 1. The van der Waals surface area contributed by atoms with Crippen molar-refractivity contribution in [1.29, 1.82) is 0 Å². The summed E-state index contributed by atoms with van der Waals surface area (Å²) in [6.07, 6.45) is 2.01. The van der Waals surface area contributed by atoms with Crippen molar-refractivity contribution in [3.05, 3.63) is 99.7 Å². The first kappa shape index (κ1) is 19.8. The van der Waals surface area contributed by atoms with Crippen LogP contribution in [0.1, 0.15) is 51.5 Å². The van der Waals surface area contributed by atoms with E-state index < -0.39 is 6.04 Å². The van der Waals surface area contributed by atoms with E-state index in [9.17, 15) is 14.4 Å². The molecule has 158 valence electrons. The van der Waals surface area contributed by atoms with E-state index in [0.717, 1.165) is 5.56 Å². The van der Waals surface area contributed by atoms with Gasteiger partial charge in [-0.25, -0.2) is 14.5 Å². The summed E-state index contributed by atoms with van der Waals surface area (Å²) < 4.78 is 1.42. The molecule has 1 aliphatic rings. The van der Waals surface area contributed by atoms with Crippen LogP contribution in [-0.2, 0) is 0 Å². The first-order chi connectivity index (χ1) is 15.5. The molecule has 7 heteroatoms. The lowest BCUT2D eigenvalue weighted by Gasteiger charge is -2.27. The third-order valence-electron chi connectivity index (χ3n) is 5.75. The van der Waals surface area contributed by atoms with Crippen molar-refractivity contribution in [3.8, 4) is 5.82 Å². The number of pyridine rings is 1. The quantitative estimate of drug-likeness (QED) is 0.465. The zero-order chi connectivity index (χ0) is 22.4. The summed E-state index contributed by atoms with van der Waals surface area (Å²) in [5.41, 5.74) is 1.86. The first-order valence-electron chi connectivity index (χ1n) is 10.4. The average molecular weight is 424 g/mol. The zero-order valence-electron chi connectivity index (χ0n) is 17.6. The second-order valence-corrected chi connectivity index (χ2v) is 7.77. The van der Waals surface area contributed by atoms with Crippen LogP contribution in [0.25, 0.3) is 16.7 Å². The van der Waals surface area contributed by atoms with Gasteiger partial charge in [-0.15, -0.1) is 0 Å². The van der Waals surface area contributed by atoms with E-state index in [1.54, 1.807) is 60.8 Å². The largest absolute Gasteiger partial charge is 0.269 e. The molecule has 0 saturated carbocycles. The van der Waals surface area contributed by atoms with E-state index in [0.29, 0.717) is 40.1 Å². The van der Waals surface area contributed by atoms with Crippen LogP contribution in [0.4, 0.5) is 0 Å². The highest BCUT2D eigenvalue weighted by Gasteiger charge is 2.41. The Morgan fingerprint density at radius 1 is 0.906 bits per heavy atom. The van der Waals surface area contributed by atoms with Gasteiger partial charge >= 0.3 is 0 Å². The molecule has 0 fully saturated rings. The monoisotopic (exact) mass is 424 g/mol. The molecule has 2 aromatic carbocycles. The van der Waals surface area contributed by atoms with Crippen molar-refractivity contribution < 1.29 is 9.59 Å². The molecular formula is C25H20N4O3. The minimum Gasteiger partial charge on any atom is -0.269 e. The highest BCUT2D eigenvalue weighted by molar-refractivity contribution is 6.21. The summed E-state index contributed by atoms with van der Waals surface area (Å²) in [7, 11) is 0. The van der Waals surface area contributed by atoms with Gasteiger partial charge in [-0.3, -0.25) is 19.3 Å². The van der Waals surface area contributed by atoms with Gasteiger partial charge in [-0.1, -0.05) is 31.2 Å². The van der Waals surface area contributed by atoms with Crippen molar-refractivity contribution in [3.63, 3.8) is 0 Å². The lowest BCUT2D eigenvalue weighted by atomic mass is 10.1. The fraction of sp³-hybridized carbons (Fsp3) is 0.160. The van der Waals surface area contributed by atoms with Crippen molar-refractivity contribution in [1.82, 2.24) is 19.4 Å². The van der Waals surface area contributed by atoms with Crippen molar-refractivity contribution in [2.24, 2.45) is 0 Å². The maximum atomic E-state index is 13.6. The Balaban J connectivity index is 1.78. The van der Waals surface area contributed by atoms with E-state index in [2.05, 4.69) is 4.98 Å². The van der Waals surface area contributed by atoms with Gasteiger partial charge in [0.25, 0.3) is 17.4 Å². The summed E-state index contributed by atoms with van der Waals surface area (Å²) >= 11 is 0. The Morgan fingerprint density at radius 2 is 1.56 bits per heavy atom. The molecule has 2 amide bonds. The summed E-state index contributed by atoms with van der Waals surface area (Å²) in [4.78, 5) is 50.4. The Bertz CT molecular complexity index is 1420. The Kier molecular flexibility index (Phi) is 4.66. The SMILES string of the molecule is CC[C@H](c1nc2ccccc2c(=O)n1-c1cc(C)ccn1)N1C(=O)c2ccccc2C1=O. The van der Waals surface area contributed by atoms with Crippen LogP contribution in [0.15, 0.2) is 71.7 Å². The van der Waals surface area contributed by atoms with Crippen molar-refractivity contribution >= 4 is 22.7 Å². The third kappa shape index (κ3) is 2.93. The minimum absolute atomic E-state index is 0.293. The predicted molar refractivity (Wildman–Crippen MR) is 120 cm³/mol. The van der Waals surface area contributed by atoms with Gasteiger partial charge in [-0.05, 0) is 55.3 Å². The van der Waals surface area contributed by atoms with E-state index in [4.69, 9.17) is 4.98 Å². The topological polar surface area (TPSA) is 85.2 Å². The van der Waals surface area contributed by atoms with Crippen LogP contribution in [0, 0.1) is 6.92 Å². The normalized spacial score (nSPS) is 14.1. The number of hydrogen-bond donors (Lipinski definition) is 0. The molecule has 5 rings (SSSR count). The predicted octanol–water partition coefficient (Wildman–Crippen LogP) is 3.84. The van der Waals surface area contributed by atoms with Crippen LogP contribution in [-0.4, -0.2) is 31.2 Å². The second kappa shape index (κ2) is 7.53. The third-order valence-corrected chi connectivity index (χ3v) is 5.75. The second-order valence-electron chi connectivity index (χ2n) is 7.77. The van der Waals surface area contributed by atoms with E-state index in [-0.39, 0.29) is 17.4 Å². The van der Waals surface area contributed by atoms with Gasteiger partial charge in [0.05, 0.1) is 28.1 Å². The van der Waals surface area contributed by atoms with Crippen LogP contribution in [0.5, 0.6) is 0 Å². The van der Waals surface area contributed by atoms with Crippen LogP contribution in [0.2, 0.25) is 0 Å². The standard InChI is InChI=1S/C25H20N4O3/c1-3-20(28-23(30)16-8-4-5-9-17(16)24(28)31)22-27-19-11-7-6-10-18(19)25(32)29(22)21-14-15(2)12-13-26-21/h4-14,20H,3H2,1-2H3/t20-/m1/s1. The number of amides is 2. The molecule has 4 aromatic rings. The Labute approximate surface area is 184 Å². The molecular weight excluding hydrogens is 404 g/mol. The molecule has 7 nitrogen and oxygen atoms in total. The number of carbonyl (C=O) groups is 2. The molecule has 0 N–H and O–H groups in total. The lowest BCUT2D eigenvalue weighted by molar-refractivity contribution is 0.0568. The van der Waals surface area contributed by atoms with Crippen LogP contribution in [0.3, 0.4) is 0 Å². The molecule has 0 unspecified atom stereocenters. The number of nitrogens with zero attached hydrogens (tertiary/aromatic N) is 4. The van der Waals surface area contributed by atoms with Gasteiger partial charge in [0.1, 0.15) is 11.6 Å². The zero-order valence-corrected chi connectivity index (χ0v) is 17.6. The number of fused-ring (bicyclic) bond motifs is 2. The molecule has 0 bridgehead atoms. The minimum atomic E-state index is -0.734. The molecule has 3 heterocycles. The van der Waals surface area contributed by atoms with Gasteiger partial charge in [0, 0.05) is 6.20 Å². The lowest BCUT2D eigenvalue weighted by Crippen LogP contribution is -2.38. The molecule has 1 aliphatic heterocycles. The Morgan fingerprint density at radius 3 is 2.22 bits per heavy atom. The fourth-order valence-electron chi connectivity index (χ4n) is 4.21. The average Bonchev–Trinajstić information content (AvgIpc) is 3.05. The Hall–Kier alpha value is -4.13. The number of aryl methyl sites for hydroxylation is 1. The first-order valence-corrected chi connectivity index (χ1v) is 10.4. The maximum absolute atomic E-state index is 13.6. The number of rotatable bonds is 4. The fourth-order valence-corrected chi connectivity index (χ4v) is 4.21. The van der Waals surface area contributed by atoms with Crippen LogP contribution >= 0.6 is 0 Å². The van der Waals surface area contributed by atoms with Gasteiger partial charge in [0.15, 0.2) is 0 Å². The number of para-hydroxylation sites is 1. The van der Waals surface area contributed by atoms with Gasteiger partial charge in [0.2, 0.25) is 0 Å².